The molecule has 0 unspecified atom stereocenters. The average Bonchev–Trinajstić information content (AvgIpc) is 1.85. The molecule has 2 heteroatoms. The lowest BCUT2D eigenvalue weighted by Gasteiger charge is -2.23. The molecule has 0 aliphatic heterocycles. The number of rotatable bonds is 4. The SMILES string of the molecule is C=C(N)NCC(C)(C)CC. The summed E-state index contributed by atoms with van der Waals surface area (Å²) in [6.45, 7) is 11.0. The van der Waals surface area contributed by atoms with Crippen molar-refractivity contribution in [3.63, 3.8) is 0 Å². The molecule has 0 aromatic carbocycles. The van der Waals surface area contributed by atoms with Crippen molar-refractivity contribution in [1.82, 2.24) is 5.32 Å². The second kappa shape index (κ2) is 3.49. The van der Waals surface area contributed by atoms with Crippen molar-refractivity contribution in [3.05, 3.63) is 12.4 Å². The number of nitrogens with two attached hydrogens (primary N) is 1. The van der Waals surface area contributed by atoms with Crippen LogP contribution in [0.5, 0.6) is 0 Å². The smallest absolute Gasteiger partial charge is 0.0886 e. The Kier molecular flexibility index (Phi) is 3.26. The summed E-state index contributed by atoms with van der Waals surface area (Å²) in [6, 6.07) is 0. The Morgan fingerprint density at radius 2 is 2.10 bits per heavy atom. The largest absolute Gasteiger partial charge is 0.386 e. The fourth-order valence-corrected chi connectivity index (χ4v) is 0.478. The van der Waals surface area contributed by atoms with E-state index in [1.165, 1.54) is 0 Å². The van der Waals surface area contributed by atoms with E-state index in [-0.39, 0.29) is 0 Å². The van der Waals surface area contributed by atoms with E-state index in [0.29, 0.717) is 11.2 Å². The van der Waals surface area contributed by atoms with E-state index < -0.39 is 0 Å². The van der Waals surface area contributed by atoms with Crippen molar-refractivity contribution >= 4 is 0 Å². The first-order valence-corrected chi connectivity index (χ1v) is 3.66. The summed E-state index contributed by atoms with van der Waals surface area (Å²) >= 11 is 0. The monoisotopic (exact) mass is 142 g/mol. The van der Waals surface area contributed by atoms with Crippen molar-refractivity contribution in [2.75, 3.05) is 6.54 Å². The summed E-state index contributed by atoms with van der Waals surface area (Å²) < 4.78 is 0. The lowest BCUT2D eigenvalue weighted by atomic mass is 9.90. The highest BCUT2D eigenvalue weighted by molar-refractivity contribution is 4.85. The molecule has 0 heterocycles. The molecule has 0 fully saturated rings. The Hall–Kier alpha value is -0.660. The maximum Gasteiger partial charge on any atom is 0.0886 e. The molecule has 0 aromatic heterocycles. The molecule has 3 N–H and O–H groups in total. The Morgan fingerprint density at radius 3 is 2.40 bits per heavy atom. The van der Waals surface area contributed by atoms with Gasteiger partial charge in [0, 0.05) is 6.54 Å². The van der Waals surface area contributed by atoms with Crippen molar-refractivity contribution in [2.45, 2.75) is 27.2 Å². The average molecular weight is 142 g/mol. The van der Waals surface area contributed by atoms with Gasteiger partial charge in [0.15, 0.2) is 0 Å². The highest BCUT2D eigenvalue weighted by Crippen LogP contribution is 2.17. The van der Waals surface area contributed by atoms with Crippen LogP contribution in [0.4, 0.5) is 0 Å². The molecule has 2 nitrogen and oxygen atoms in total. The molecule has 60 valence electrons. The van der Waals surface area contributed by atoms with Crippen LogP contribution < -0.4 is 11.1 Å². The molecular weight excluding hydrogens is 124 g/mol. The third-order valence-electron chi connectivity index (χ3n) is 1.75. The first kappa shape index (κ1) is 9.34. The lowest BCUT2D eigenvalue weighted by molar-refractivity contribution is 0.340. The summed E-state index contributed by atoms with van der Waals surface area (Å²) in [5, 5.41) is 3.02. The molecule has 10 heavy (non-hydrogen) atoms. The van der Waals surface area contributed by atoms with Crippen LogP contribution in [0.1, 0.15) is 27.2 Å². The minimum absolute atomic E-state index is 0.322. The Balaban J connectivity index is 3.56. The molecule has 0 rings (SSSR count). The minimum Gasteiger partial charge on any atom is -0.386 e. The molecule has 0 spiro atoms. The maximum atomic E-state index is 5.35. The van der Waals surface area contributed by atoms with E-state index >= 15 is 0 Å². The molecule has 0 aromatic rings. The maximum absolute atomic E-state index is 5.35. The molecule has 0 aliphatic carbocycles. The van der Waals surface area contributed by atoms with Crippen molar-refractivity contribution in [3.8, 4) is 0 Å². The fraction of sp³-hybridized carbons (Fsp3) is 0.750. The second-order valence-corrected chi connectivity index (χ2v) is 3.40. The lowest BCUT2D eigenvalue weighted by Crippen LogP contribution is -2.30. The highest BCUT2D eigenvalue weighted by atomic mass is 15.0. The van der Waals surface area contributed by atoms with Gasteiger partial charge >= 0.3 is 0 Å². The van der Waals surface area contributed by atoms with Crippen molar-refractivity contribution in [1.29, 1.82) is 0 Å². The quantitative estimate of drug-likeness (QED) is 0.623. The predicted molar refractivity (Wildman–Crippen MR) is 45.4 cm³/mol. The molecule has 0 atom stereocenters. The molecule has 0 saturated heterocycles. The van der Waals surface area contributed by atoms with E-state index in [2.05, 4.69) is 32.7 Å². The van der Waals surface area contributed by atoms with Gasteiger partial charge in [-0.1, -0.05) is 27.4 Å². The summed E-state index contributed by atoms with van der Waals surface area (Å²) in [5.74, 6) is 0.557. The van der Waals surface area contributed by atoms with Gasteiger partial charge in [0.05, 0.1) is 5.82 Å². The zero-order chi connectivity index (χ0) is 8.20. The summed E-state index contributed by atoms with van der Waals surface area (Å²) in [7, 11) is 0. The van der Waals surface area contributed by atoms with Crippen LogP contribution in [0.15, 0.2) is 12.4 Å². The van der Waals surface area contributed by atoms with Gasteiger partial charge < -0.3 is 11.1 Å². The van der Waals surface area contributed by atoms with Gasteiger partial charge in [0.25, 0.3) is 0 Å². The van der Waals surface area contributed by atoms with Crippen LogP contribution in [0.3, 0.4) is 0 Å². The zero-order valence-corrected chi connectivity index (χ0v) is 7.20. The van der Waals surface area contributed by atoms with Gasteiger partial charge in [-0.2, -0.15) is 0 Å². The van der Waals surface area contributed by atoms with Gasteiger partial charge in [0.2, 0.25) is 0 Å². The van der Waals surface area contributed by atoms with Gasteiger partial charge in [-0.25, -0.2) is 0 Å². The first-order valence-electron chi connectivity index (χ1n) is 3.66. The molecular formula is C8H18N2. The molecule has 0 bridgehead atoms. The standard InChI is InChI=1S/C8H18N2/c1-5-8(3,4)6-10-7(2)9/h10H,2,5-6,9H2,1,3-4H3. The normalized spacial score (nSPS) is 11.1. The first-order chi connectivity index (χ1) is 4.48. The van der Waals surface area contributed by atoms with E-state index in [1.54, 1.807) is 0 Å². The van der Waals surface area contributed by atoms with Crippen LogP contribution in [-0.4, -0.2) is 6.54 Å². The number of nitrogens with one attached hydrogen (secondary N) is 1. The minimum atomic E-state index is 0.322. The van der Waals surface area contributed by atoms with Gasteiger partial charge in [-0.3, -0.25) is 0 Å². The van der Waals surface area contributed by atoms with E-state index in [1.807, 2.05) is 0 Å². The fourth-order valence-electron chi connectivity index (χ4n) is 0.478. The summed E-state index contributed by atoms with van der Waals surface area (Å²) in [6.07, 6.45) is 1.15. The predicted octanol–water partition coefficient (Wildman–Crippen LogP) is 1.44. The van der Waals surface area contributed by atoms with E-state index in [4.69, 9.17) is 5.73 Å². The van der Waals surface area contributed by atoms with Crippen LogP contribution in [-0.2, 0) is 0 Å². The van der Waals surface area contributed by atoms with Crippen LogP contribution in [0.25, 0.3) is 0 Å². The number of hydrogen-bond acceptors (Lipinski definition) is 2. The second-order valence-electron chi connectivity index (χ2n) is 3.40. The van der Waals surface area contributed by atoms with Gasteiger partial charge in [0.1, 0.15) is 0 Å². The van der Waals surface area contributed by atoms with Gasteiger partial charge in [-0.15, -0.1) is 0 Å². The Morgan fingerprint density at radius 1 is 1.60 bits per heavy atom. The molecule has 0 radical (unpaired) electrons. The third-order valence-corrected chi connectivity index (χ3v) is 1.75. The zero-order valence-electron chi connectivity index (χ0n) is 7.20. The molecule has 0 saturated carbocycles. The van der Waals surface area contributed by atoms with Crippen LogP contribution in [0.2, 0.25) is 0 Å². The Labute approximate surface area is 63.5 Å². The third kappa shape index (κ3) is 4.24. The Bertz CT molecular complexity index is 116. The topological polar surface area (TPSA) is 38.0 Å². The molecule has 0 amide bonds. The van der Waals surface area contributed by atoms with E-state index in [9.17, 15) is 0 Å². The van der Waals surface area contributed by atoms with Crippen molar-refractivity contribution in [2.24, 2.45) is 11.1 Å². The van der Waals surface area contributed by atoms with E-state index in [0.717, 1.165) is 13.0 Å². The van der Waals surface area contributed by atoms with Crippen molar-refractivity contribution < 1.29 is 0 Å². The summed E-state index contributed by atoms with van der Waals surface area (Å²) in [5.41, 5.74) is 5.67. The number of hydrogen-bond donors (Lipinski definition) is 2. The molecule has 0 aliphatic rings. The van der Waals surface area contributed by atoms with Gasteiger partial charge in [-0.05, 0) is 11.8 Å². The summed E-state index contributed by atoms with van der Waals surface area (Å²) in [4.78, 5) is 0. The highest BCUT2D eigenvalue weighted by Gasteiger charge is 2.13. The van der Waals surface area contributed by atoms with Crippen LogP contribution >= 0.6 is 0 Å². The van der Waals surface area contributed by atoms with Crippen LogP contribution in [0, 0.1) is 5.41 Å².